The van der Waals surface area contributed by atoms with Crippen molar-refractivity contribution in [3.63, 3.8) is 0 Å². The van der Waals surface area contributed by atoms with Crippen molar-refractivity contribution in [2.75, 3.05) is 30.0 Å². The van der Waals surface area contributed by atoms with E-state index >= 15 is 0 Å². The number of nitrogens with one attached hydrogen (secondary N) is 3. The van der Waals surface area contributed by atoms with Gasteiger partial charge in [-0.2, -0.15) is 0 Å². The second-order valence-electron chi connectivity index (χ2n) is 5.70. The summed E-state index contributed by atoms with van der Waals surface area (Å²) in [5, 5.41) is 24.5. The van der Waals surface area contributed by atoms with Gasteiger partial charge in [0, 0.05) is 19.5 Å². The largest absolute Gasteiger partial charge is 0.504 e. The molecule has 0 saturated heterocycles. The van der Waals surface area contributed by atoms with E-state index in [1.54, 1.807) is 6.07 Å². The van der Waals surface area contributed by atoms with Gasteiger partial charge in [-0.25, -0.2) is 4.98 Å². The third kappa shape index (κ3) is 3.82. The average molecular weight is 345 g/mol. The van der Waals surface area contributed by atoms with Gasteiger partial charge in [0.1, 0.15) is 5.69 Å². The van der Waals surface area contributed by atoms with Crippen LogP contribution in [0.3, 0.4) is 0 Å². The topological polar surface area (TPSA) is 131 Å². The molecular formula is C16H19N5O4. The first kappa shape index (κ1) is 16.6. The zero-order valence-electron chi connectivity index (χ0n) is 13.5. The van der Waals surface area contributed by atoms with Gasteiger partial charge in [-0.3, -0.25) is 9.59 Å². The van der Waals surface area contributed by atoms with E-state index in [9.17, 15) is 19.8 Å². The van der Waals surface area contributed by atoms with Crippen molar-refractivity contribution < 1.29 is 15.0 Å². The number of carbonyl (C=O) groups excluding carboxylic acids is 1. The molecule has 9 nitrogen and oxygen atoms in total. The van der Waals surface area contributed by atoms with Crippen LogP contribution in [0.4, 0.5) is 11.5 Å². The molecule has 0 unspecified atom stereocenters. The summed E-state index contributed by atoms with van der Waals surface area (Å²) in [5.74, 6) is 0.101. The van der Waals surface area contributed by atoms with E-state index in [0.717, 1.165) is 5.56 Å². The summed E-state index contributed by atoms with van der Waals surface area (Å²) < 4.78 is 0. The molecule has 0 atom stereocenters. The maximum absolute atomic E-state index is 12.0. The molecular weight excluding hydrogens is 326 g/mol. The van der Waals surface area contributed by atoms with Crippen molar-refractivity contribution in [2.24, 2.45) is 0 Å². The maximum atomic E-state index is 12.0. The highest BCUT2D eigenvalue weighted by Gasteiger charge is 2.22. The summed E-state index contributed by atoms with van der Waals surface area (Å²) in [5.41, 5.74) is 1.01. The fraction of sp³-hybridized carbons (Fsp3) is 0.312. The molecule has 0 fully saturated rings. The summed E-state index contributed by atoms with van der Waals surface area (Å²) in [4.78, 5) is 32.0. The molecule has 2 aromatic rings. The number of carbonyl (C=O) groups is 1. The number of anilines is 2. The summed E-state index contributed by atoms with van der Waals surface area (Å²) in [7, 11) is 0. The number of aromatic amines is 1. The Morgan fingerprint density at radius 3 is 2.96 bits per heavy atom. The standard InChI is InChI=1S/C16H19N5O4/c22-11-2-1-10(7-12(11)23)3-5-17-13(24)4-6-21-9-20-14-15(21)18-8-19-16(14)25/h1-2,7-8,20,22-23H,3-6,9H2,(H,17,24)(H,18,19,25). The molecule has 25 heavy (non-hydrogen) atoms. The first-order chi connectivity index (χ1) is 12.0. The van der Waals surface area contributed by atoms with Gasteiger partial charge in [0.05, 0.1) is 13.0 Å². The third-order valence-corrected chi connectivity index (χ3v) is 3.96. The van der Waals surface area contributed by atoms with E-state index in [-0.39, 0.29) is 29.4 Å². The fourth-order valence-electron chi connectivity index (χ4n) is 2.62. The number of amides is 1. The van der Waals surface area contributed by atoms with Crippen molar-refractivity contribution in [3.8, 4) is 11.5 Å². The molecule has 0 bridgehead atoms. The first-order valence-electron chi connectivity index (χ1n) is 7.88. The van der Waals surface area contributed by atoms with Gasteiger partial charge in [-0.15, -0.1) is 0 Å². The lowest BCUT2D eigenvalue weighted by atomic mass is 10.1. The molecule has 2 heterocycles. The zero-order valence-corrected chi connectivity index (χ0v) is 13.5. The number of nitrogens with zero attached hydrogens (tertiary/aromatic N) is 2. The third-order valence-electron chi connectivity index (χ3n) is 3.96. The normalized spacial score (nSPS) is 12.6. The number of phenolic OH excluding ortho intramolecular Hbond substituents is 2. The van der Waals surface area contributed by atoms with Crippen LogP contribution in [0.1, 0.15) is 12.0 Å². The van der Waals surface area contributed by atoms with E-state index < -0.39 is 0 Å². The lowest BCUT2D eigenvalue weighted by Crippen LogP contribution is -2.32. The highest BCUT2D eigenvalue weighted by atomic mass is 16.3. The van der Waals surface area contributed by atoms with Gasteiger partial charge in [-0.05, 0) is 24.1 Å². The van der Waals surface area contributed by atoms with Crippen LogP contribution in [0.2, 0.25) is 0 Å². The molecule has 1 aromatic carbocycles. The number of benzene rings is 1. The molecule has 1 aromatic heterocycles. The minimum atomic E-state index is -0.228. The molecule has 1 aliphatic rings. The van der Waals surface area contributed by atoms with Crippen molar-refractivity contribution >= 4 is 17.4 Å². The van der Waals surface area contributed by atoms with E-state index in [1.165, 1.54) is 18.5 Å². The van der Waals surface area contributed by atoms with Gasteiger partial charge in [-0.1, -0.05) is 6.07 Å². The quantitative estimate of drug-likeness (QED) is 0.470. The minimum absolute atomic E-state index is 0.110. The molecule has 9 heteroatoms. The first-order valence-corrected chi connectivity index (χ1v) is 7.88. The predicted molar refractivity (Wildman–Crippen MR) is 91.8 cm³/mol. The van der Waals surface area contributed by atoms with Crippen molar-refractivity contribution in [3.05, 3.63) is 40.4 Å². The Hall–Kier alpha value is -3.23. The Balaban J connectivity index is 1.44. The second-order valence-corrected chi connectivity index (χ2v) is 5.70. The number of rotatable bonds is 6. The Bertz CT molecular complexity index is 836. The number of aromatic hydroxyl groups is 2. The Labute approximate surface area is 143 Å². The number of H-pyrrole nitrogens is 1. The predicted octanol–water partition coefficient (Wildman–Crippen LogP) is 0.120. The SMILES string of the molecule is O=C(CCN1CNc2c1nc[nH]c2=O)NCCc1ccc(O)c(O)c1. The lowest BCUT2D eigenvalue weighted by Gasteiger charge is -2.16. The molecule has 3 rings (SSSR count). The number of hydrogen-bond acceptors (Lipinski definition) is 7. The Kier molecular flexibility index (Phi) is 4.73. The molecule has 0 radical (unpaired) electrons. The maximum Gasteiger partial charge on any atom is 0.276 e. The number of hydrogen-bond donors (Lipinski definition) is 5. The highest BCUT2D eigenvalue weighted by Crippen LogP contribution is 2.25. The number of aromatic nitrogens is 2. The Morgan fingerprint density at radius 2 is 2.16 bits per heavy atom. The minimum Gasteiger partial charge on any atom is -0.504 e. The van der Waals surface area contributed by atoms with Crippen LogP contribution < -0.4 is 21.1 Å². The summed E-state index contributed by atoms with van der Waals surface area (Å²) in [6, 6.07) is 4.58. The molecule has 1 aliphatic heterocycles. The van der Waals surface area contributed by atoms with Crippen LogP contribution in [0.15, 0.2) is 29.3 Å². The van der Waals surface area contributed by atoms with Crippen LogP contribution >= 0.6 is 0 Å². The molecule has 1 amide bonds. The van der Waals surface area contributed by atoms with Crippen LogP contribution in [0, 0.1) is 0 Å². The summed E-state index contributed by atoms with van der Waals surface area (Å²) in [6.07, 6.45) is 2.16. The van der Waals surface area contributed by atoms with Gasteiger partial charge in [0.15, 0.2) is 17.3 Å². The number of fused-ring (bicyclic) bond motifs is 1. The summed E-state index contributed by atoms with van der Waals surface area (Å²) >= 11 is 0. The fourth-order valence-corrected chi connectivity index (χ4v) is 2.62. The van der Waals surface area contributed by atoms with E-state index in [1.807, 2.05) is 4.90 Å². The molecule has 132 valence electrons. The van der Waals surface area contributed by atoms with E-state index in [0.29, 0.717) is 37.7 Å². The van der Waals surface area contributed by atoms with E-state index in [4.69, 9.17) is 0 Å². The average Bonchev–Trinajstić information content (AvgIpc) is 3.01. The van der Waals surface area contributed by atoms with Crippen molar-refractivity contribution in [2.45, 2.75) is 12.8 Å². The second kappa shape index (κ2) is 7.12. The van der Waals surface area contributed by atoms with Gasteiger partial charge < -0.3 is 30.7 Å². The van der Waals surface area contributed by atoms with Crippen molar-refractivity contribution in [1.29, 1.82) is 0 Å². The van der Waals surface area contributed by atoms with Crippen LogP contribution in [0.25, 0.3) is 0 Å². The van der Waals surface area contributed by atoms with Crippen molar-refractivity contribution in [1.82, 2.24) is 15.3 Å². The highest BCUT2D eigenvalue weighted by molar-refractivity contribution is 5.77. The van der Waals surface area contributed by atoms with Crippen LogP contribution in [0.5, 0.6) is 11.5 Å². The number of phenols is 2. The van der Waals surface area contributed by atoms with Gasteiger partial charge in [0.2, 0.25) is 5.91 Å². The van der Waals surface area contributed by atoms with Crippen LogP contribution in [-0.4, -0.2) is 45.8 Å². The zero-order chi connectivity index (χ0) is 17.8. The molecule has 5 N–H and O–H groups in total. The molecule has 0 saturated carbocycles. The molecule has 0 spiro atoms. The van der Waals surface area contributed by atoms with Gasteiger partial charge in [0.25, 0.3) is 5.56 Å². The van der Waals surface area contributed by atoms with Crippen LogP contribution in [-0.2, 0) is 11.2 Å². The summed E-state index contributed by atoms with van der Waals surface area (Å²) in [6.45, 7) is 1.31. The smallest absolute Gasteiger partial charge is 0.276 e. The van der Waals surface area contributed by atoms with Gasteiger partial charge >= 0.3 is 0 Å². The lowest BCUT2D eigenvalue weighted by molar-refractivity contribution is -0.120. The monoisotopic (exact) mass is 345 g/mol. The molecule has 0 aliphatic carbocycles. The van der Waals surface area contributed by atoms with E-state index in [2.05, 4.69) is 20.6 Å². The Morgan fingerprint density at radius 1 is 1.32 bits per heavy atom.